The topological polar surface area (TPSA) is 42.1 Å². The molecule has 3 rings (SSSR count). The second-order valence-corrected chi connectivity index (χ2v) is 6.23. The van der Waals surface area contributed by atoms with Gasteiger partial charge in [0, 0.05) is 30.9 Å². The number of aromatic nitrogens is 1. The fourth-order valence-corrected chi connectivity index (χ4v) is 3.24. The Morgan fingerprint density at radius 1 is 1.32 bits per heavy atom. The van der Waals surface area contributed by atoms with E-state index in [0.29, 0.717) is 5.69 Å². The summed E-state index contributed by atoms with van der Waals surface area (Å²) in [5.41, 5.74) is 8.55. The molecule has 112 valence electrons. The van der Waals surface area contributed by atoms with E-state index < -0.39 is 0 Å². The van der Waals surface area contributed by atoms with Gasteiger partial charge in [-0.15, -0.1) is 11.3 Å². The molecule has 0 aliphatic carbocycles. The number of pyridine rings is 1. The number of thiophene rings is 1. The van der Waals surface area contributed by atoms with Crippen molar-refractivity contribution in [3.63, 3.8) is 0 Å². The Kier molecular flexibility index (Phi) is 4.89. The lowest BCUT2D eigenvalue weighted by atomic mass is 10.1. The zero-order valence-corrected chi connectivity index (χ0v) is 13.3. The monoisotopic (exact) mass is 309 g/mol. The van der Waals surface area contributed by atoms with Crippen LogP contribution in [0.1, 0.15) is 23.4 Å². The maximum Gasteiger partial charge on any atom is 0.113 e. The molecule has 3 heterocycles. The first-order chi connectivity index (χ1) is 10.8. The fraction of sp³-hybridized carbons (Fsp3) is 0.278. The molecule has 0 bridgehead atoms. The zero-order valence-electron chi connectivity index (χ0n) is 12.5. The second-order valence-electron chi connectivity index (χ2n) is 5.29. The van der Waals surface area contributed by atoms with Crippen molar-refractivity contribution in [2.24, 2.45) is 0 Å². The lowest BCUT2D eigenvalue weighted by Crippen LogP contribution is -2.29. The van der Waals surface area contributed by atoms with E-state index in [9.17, 15) is 0 Å². The van der Waals surface area contributed by atoms with Gasteiger partial charge >= 0.3 is 0 Å². The van der Waals surface area contributed by atoms with Gasteiger partial charge in [0.2, 0.25) is 0 Å². The highest BCUT2D eigenvalue weighted by atomic mass is 32.1. The average Bonchev–Trinajstić information content (AvgIpc) is 3.08. The largest absolute Gasteiger partial charge is 0.397 e. The highest BCUT2D eigenvalue weighted by Crippen LogP contribution is 2.25. The molecule has 4 heteroatoms. The van der Waals surface area contributed by atoms with E-state index >= 15 is 0 Å². The SMILES string of the molecule is Nc1ccc(C#CCCN2CC=C(c3cccs3)CC2)nc1. The molecule has 0 amide bonds. The predicted octanol–water partition coefficient (Wildman–Crippen LogP) is 3.26. The molecule has 0 unspecified atom stereocenters. The van der Waals surface area contributed by atoms with Crippen LogP contribution < -0.4 is 5.73 Å². The number of rotatable bonds is 3. The molecule has 3 nitrogen and oxygen atoms in total. The van der Waals surface area contributed by atoms with E-state index in [2.05, 4.69) is 45.3 Å². The summed E-state index contributed by atoms with van der Waals surface area (Å²) in [6.45, 7) is 3.15. The maximum absolute atomic E-state index is 5.60. The highest BCUT2D eigenvalue weighted by Gasteiger charge is 2.12. The third kappa shape index (κ3) is 3.97. The van der Waals surface area contributed by atoms with Crippen molar-refractivity contribution in [3.05, 3.63) is 52.5 Å². The highest BCUT2D eigenvalue weighted by molar-refractivity contribution is 7.11. The first-order valence-electron chi connectivity index (χ1n) is 7.47. The molecule has 1 aliphatic rings. The van der Waals surface area contributed by atoms with Crippen LogP contribution in [-0.2, 0) is 0 Å². The van der Waals surface area contributed by atoms with E-state index in [1.807, 2.05) is 23.5 Å². The molecule has 2 aromatic heterocycles. The molecule has 1 aliphatic heterocycles. The van der Waals surface area contributed by atoms with Gasteiger partial charge in [-0.3, -0.25) is 4.90 Å². The summed E-state index contributed by atoms with van der Waals surface area (Å²) in [4.78, 5) is 8.04. The predicted molar refractivity (Wildman–Crippen MR) is 93.5 cm³/mol. The fourth-order valence-electron chi connectivity index (χ4n) is 2.45. The summed E-state index contributed by atoms with van der Waals surface area (Å²) < 4.78 is 0. The van der Waals surface area contributed by atoms with E-state index in [1.165, 1.54) is 10.5 Å². The van der Waals surface area contributed by atoms with E-state index in [-0.39, 0.29) is 0 Å². The van der Waals surface area contributed by atoms with Crippen molar-refractivity contribution in [1.29, 1.82) is 0 Å². The van der Waals surface area contributed by atoms with Crippen molar-refractivity contribution >= 4 is 22.6 Å². The minimum absolute atomic E-state index is 0.673. The number of anilines is 1. The second kappa shape index (κ2) is 7.26. The lowest BCUT2D eigenvalue weighted by Gasteiger charge is -2.25. The molecule has 2 N–H and O–H groups in total. The molecule has 0 radical (unpaired) electrons. The van der Waals surface area contributed by atoms with Crippen LogP contribution >= 0.6 is 11.3 Å². The Hall–Kier alpha value is -2.09. The molecular weight excluding hydrogens is 290 g/mol. The van der Waals surface area contributed by atoms with Crippen LogP contribution in [0.15, 0.2) is 41.9 Å². The molecule has 2 aromatic rings. The smallest absolute Gasteiger partial charge is 0.113 e. The van der Waals surface area contributed by atoms with Gasteiger partial charge in [0.15, 0.2) is 0 Å². The molecule has 0 fully saturated rings. The molecule has 22 heavy (non-hydrogen) atoms. The summed E-state index contributed by atoms with van der Waals surface area (Å²) in [6, 6.07) is 8.02. The van der Waals surface area contributed by atoms with E-state index in [1.54, 1.807) is 6.20 Å². The number of nitrogens with two attached hydrogens (primary N) is 1. The first kappa shape index (κ1) is 14.8. The minimum Gasteiger partial charge on any atom is -0.397 e. The van der Waals surface area contributed by atoms with Gasteiger partial charge in [0.25, 0.3) is 0 Å². The molecule has 0 aromatic carbocycles. The summed E-state index contributed by atoms with van der Waals surface area (Å²) in [5.74, 6) is 6.28. The summed E-state index contributed by atoms with van der Waals surface area (Å²) in [7, 11) is 0. The van der Waals surface area contributed by atoms with Gasteiger partial charge in [-0.05, 0) is 41.5 Å². The standard InChI is InChI=1S/C18H19N3S/c19-16-6-7-17(20-14-16)4-1-2-10-21-11-8-15(9-12-21)18-5-3-13-22-18/h3,5-8,13-14H,2,9-12,19H2. The van der Waals surface area contributed by atoms with Crippen molar-refractivity contribution in [2.45, 2.75) is 12.8 Å². The normalized spacial score (nSPS) is 15.0. The lowest BCUT2D eigenvalue weighted by molar-refractivity contribution is 0.309. The molecule has 0 spiro atoms. The Bertz CT molecular complexity index is 690. The molecule has 0 saturated carbocycles. The van der Waals surface area contributed by atoms with Crippen LogP contribution in [0.2, 0.25) is 0 Å². The van der Waals surface area contributed by atoms with E-state index in [4.69, 9.17) is 5.73 Å². The van der Waals surface area contributed by atoms with Gasteiger partial charge in [-0.25, -0.2) is 4.98 Å². The summed E-state index contributed by atoms with van der Waals surface area (Å²) in [6.07, 6.45) is 6.00. The van der Waals surface area contributed by atoms with Crippen molar-refractivity contribution in [3.8, 4) is 11.8 Å². The minimum atomic E-state index is 0.673. The van der Waals surface area contributed by atoms with Gasteiger partial charge in [0.1, 0.15) is 5.69 Å². The van der Waals surface area contributed by atoms with Crippen LogP contribution in [0, 0.1) is 11.8 Å². The molecule has 0 atom stereocenters. The van der Waals surface area contributed by atoms with Crippen LogP contribution in [-0.4, -0.2) is 29.5 Å². The Balaban J connectivity index is 1.47. The Labute approximate surface area is 135 Å². The first-order valence-corrected chi connectivity index (χ1v) is 8.35. The van der Waals surface area contributed by atoms with Gasteiger partial charge in [0.05, 0.1) is 11.9 Å². The van der Waals surface area contributed by atoms with Gasteiger partial charge in [-0.1, -0.05) is 18.1 Å². The number of hydrogen-bond acceptors (Lipinski definition) is 4. The van der Waals surface area contributed by atoms with Gasteiger partial charge in [-0.2, -0.15) is 0 Å². The van der Waals surface area contributed by atoms with Crippen molar-refractivity contribution in [1.82, 2.24) is 9.88 Å². The molecule has 0 saturated heterocycles. The van der Waals surface area contributed by atoms with Crippen molar-refractivity contribution < 1.29 is 0 Å². The van der Waals surface area contributed by atoms with Crippen LogP contribution in [0.5, 0.6) is 0 Å². The van der Waals surface area contributed by atoms with E-state index in [0.717, 1.165) is 38.2 Å². The molecular formula is C18H19N3S. The Morgan fingerprint density at radius 3 is 2.95 bits per heavy atom. The number of hydrogen-bond donors (Lipinski definition) is 1. The quantitative estimate of drug-likeness (QED) is 0.885. The van der Waals surface area contributed by atoms with Crippen LogP contribution in [0.4, 0.5) is 5.69 Å². The number of nitrogen functional groups attached to an aromatic ring is 1. The zero-order chi connectivity index (χ0) is 15.2. The maximum atomic E-state index is 5.60. The Morgan fingerprint density at radius 2 is 2.27 bits per heavy atom. The third-order valence-electron chi connectivity index (χ3n) is 3.69. The van der Waals surface area contributed by atoms with Crippen LogP contribution in [0.25, 0.3) is 5.57 Å². The number of nitrogens with zero attached hydrogens (tertiary/aromatic N) is 2. The third-order valence-corrected chi connectivity index (χ3v) is 4.63. The summed E-state index contributed by atoms with van der Waals surface area (Å²) in [5, 5.41) is 2.14. The average molecular weight is 309 g/mol. The van der Waals surface area contributed by atoms with Crippen molar-refractivity contribution in [2.75, 3.05) is 25.4 Å². The van der Waals surface area contributed by atoms with Crippen LogP contribution in [0.3, 0.4) is 0 Å². The summed E-state index contributed by atoms with van der Waals surface area (Å²) >= 11 is 1.83. The van der Waals surface area contributed by atoms with Gasteiger partial charge < -0.3 is 5.73 Å².